The molecule has 1 saturated heterocycles. The molecule has 0 aliphatic carbocycles. The lowest BCUT2D eigenvalue weighted by molar-refractivity contribution is -0.139. The lowest BCUT2D eigenvalue weighted by Crippen LogP contribution is -2.50. The first kappa shape index (κ1) is 20.1. The molecule has 1 amide bonds. The first-order valence-corrected chi connectivity index (χ1v) is 8.98. The van der Waals surface area contributed by atoms with Crippen LogP contribution in [0.5, 0.6) is 0 Å². The van der Waals surface area contributed by atoms with Crippen LogP contribution in [-0.4, -0.2) is 60.1 Å². The van der Waals surface area contributed by atoms with E-state index in [4.69, 9.17) is 10.1 Å². The van der Waals surface area contributed by atoms with Crippen LogP contribution in [-0.2, 0) is 9.63 Å². The molecule has 1 aromatic heterocycles. The van der Waals surface area contributed by atoms with Gasteiger partial charge in [0.25, 0.3) is 5.91 Å². The van der Waals surface area contributed by atoms with Crippen LogP contribution in [0.1, 0.15) is 39.2 Å². The minimum atomic E-state index is -0.0197. The number of nitrogens with one attached hydrogen (secondary N) is 1. The largest absolute Gasteiger partial charge is 0.337 e. The first-order chi connectivity index (χ1) is 12.4. The Morgan fingerprint density at radius 3 is 2.50 bits per heavy atom. The zero-order valence-electron chi connectivity index (χ0n) is 15.9. The third kappa shape index (κ3) is 6.58. The summed E-state index contributed by atoms with van der Waals surface area (Å²) in [7, 11) is 0. The van der Waals surface area contributed by atoms with E-state index in [9.17, 15) is 4.79 Å². The number of nitriles is 1. The van der Waals surface area contributed by atoms with Crippen molar-refractivity contribution in [3.63, 3.8) is 0 Å². The SMILES string of the molecule is CC(C)(C)CCCNOCC(=O)N1CCN(c2ncc(C#N)cn2)CC1. The molecule has 0 aromatic carbocycles. The van der Waals surface area contributed by atoms with Gasteiger partial charge in [0.2, 0.25) is 5.95 Å². The Hall–Kier alpha value is -2.24. The number of piperazine rings is 1. The van der Waals surface area contributed by atoms with Crippen molar-refractivity contribution < 1.29 is 9.63 Å². The normalized spacial score (nSPS) is 15.0. The van der Waals surface area contributed by atoms with Crippen molar-refractivity contribution in [2.45, 2.75) is 33.6 Å². The molecule has 0 bridgehead atoms. The molecule has 8 heteroatoms. The minimum absolute atomic E-state index is 0.0197. The van der Waals surface area contributed by atoms with Crippen LogP contribution in [0.3, 0.4) is 0 Å². The van der Waals surface area contributed by atoms with Crippen molar-refractivity contribution in [1.29, 1.82) is 5.26 Å². The van der Waals surface area contributed by atoms with Crippen LogP contribution in [0.2, 0.25) is 0 Å². The fourth-order valence-corrected chi connectivity index (χ4v) is 2.67. The van der Waals surface area contributed by atoms with Gasteiger partial charge in [-0.05, 0) is 18.3 Å². The molecular formula is C18H28N6O2. The smallest absolute Gasteiger partial charge is 0.250 e. The number of nitrogens with zero attached hydrogens (tertiary/aromatic N) is 5. The van der Waals surface area contributed by atoms with Gasteiger partial charge in [0, 0.05) is 32.7 Å². The Kier molecular flexibility index (Phi) is 7.30. The molecule has 2 heterocycles. The number of carbonyl (C=O) groups excluding carboxylic acids is 1. The van der Waals surface area contributed by atoms with E-state index in [-0.39, 0.29) is 12.5 Å². The van der Waals surface area contributed by atoms with Gasteiger partial charge in [-0.1, -0.05) is 20.8 Å². The number of hydrogen-bond donors (Lipinski definition) is 1. The maximum atomic E-state index is 12.2. The lowest BCUT2D eigenvalue weighted by atomic mass is 9.91. The third-order valence-electron chi connectivity index (χ3n) is 4.19. The van der Waals surface area contributed by atoms with E-state index in [1.807, 2.05) is 11.0 Å². The summed E-state index contributed by atoms with van der Waals surface area (Å²) >= 11 is 0. The highest BCUT2D eigenvalue weighted by Gasteiger charge is 2.22. The Labute approximate surface area is 155 Å². The molecule has 0 saturated carbocycles. The number of hydroxylamine groups is 1. The maximum Gasteiger partial charge on any atom is 0.250 e. The molecule has 1 aromatic rings. The molecule has 0 atom stereocenters. The second-order valence-corrected chi connectivity index (χ2v) is 7.60. The summed E-state index contributed by atoms with van der Waals surface area (Å²) in [4.78, 5) is 29.7. The molecule has 1 aliphatic heterocycles. The fourth-order valence-electron chi connectivity index (χ4n) is 2.67. The van der Waals surface area contributed by atoms with Gasteiger partial charge in [0.15, 0.2) is 0 Å². The molecule has 2 rings (SSSR count). The van der Waals surface area contributed by atoms with E-state index in [1.165, 1.54) is 12.4 Å². The van der Waals surface area contributed by atoms with E-state index in [0.29, 0.717) is 43.1 Å². The number of carbonyl (C=O) groups is 1. The summed E-state index contributed by atoms with van der Waals surface area (Å²) in [5, 5.41) is 8.78. The van der Waals surface area contributed by atoms with Gasteiger partial charge >= 0.3 is 0 Å². The van der Waals surface area contributed by atoms with Crippen molar-refractivity contribution in [2.24, 2.45) is 5.41 Å². The summed E-state index contributed by atoms with van der Waals surface area (Å²) in [6, 6.07) is 2.00. The Morgan fingerprint density at radius 1 is 1.27 bits per heavy atom. The van der Waals surface area contributed by atoms with Crippen molar-refractivity contribution in [1.82, 2.24) is 20.3 Å². The standard InChI is InChI=1S/C18H28N6O2/c1-18(2,3)5-4-6-22-26-14-16(25)23-7-9-24(10-8-23)17-20-12-15(11-19)13-21-17/h12-13,22H,4-10,14H2,1-3H3. The molecule has 142 valence electrons. The number of amides is 1. The highest BCUT2D eigenvalue weighted by Crippen LogP contribution is 2.19. The second kappa shape index (κ2) is 9.46. The van der Waals surface area contributed by atoms with Gasteiger partial charge in [-0.15, -0.1) is 0 Å². The Morgan fingerprint density at radius 2 is 1.92 bits per heavy atom. The van der Waals surface area contributed by atoms with Gasteiger partial charge in [-0.25, -0.2) is 15.4 Å². The van der Waals surface area contributed by atoms with Crippen LogP contribution in [0.15, 0.2) is 12.4 Å². The van der Waals surface area contributed by atoms with E-state index < -0.39 is 0 Å². The predicted octanol–water partition coefficient (Wildman–Crippen LogP) is 1.34. The summed E-state index contributed by atoms with van der Waals surface area (Å²) < 4.78 is 0. The average Bonchev–Trinajstić information content (AvgIpc) is 2.64. The fraction of sp³-hybridized carbons (Fsp3) is 0.667. The van der Waals surface area contributed by atoms with Crippen molar-refractivity contribution in [3.8, 4) is 6.07 Å². The van der Waals surface area contributed by atoms with Crippen LogP contribution >= 0.6 is 0 Å². The van der Waals surface area contributed by atoms with Crippen LogP contribution in [0, 0.1) is 16.7 Å². The zero-order chi connectivity index (χ0) is 19.0. The second-order valence-electron chi connectivity index (χ2n) is 7.60. The molecule has 1 fully saturated rings. The van der Waals surface area contributed by atoms with E-state index in [2.05, 4.69) is 36.2 Å². The van der Waals surface area contributed by atoms with Gasteiger partial charge in [0.1, 0.15) is 12.7 Å². The molecule has 0 unspecified atom stereocenters. The first-order valence-electron chi connectivity index (χ1n) is 8.98. The van der Waals surface area contributed by atoms with Crippen molar-refractivity contribution in [2.75, 3.05) is 44.2 Å². The molecule has 0 spiro atoms. The van der Waals surface area contributed by atoms with Crippen LogP contribution < -0.4 is 10.4 Å². The monoisotopic (exact) mass is 360 g/mol. The molecule has 1 N–H and O–H groups in total. The third-order valence-corrected chi connectivity index (χ3v) is 4.19. The summed E-state index contributed by atoms with van der Waals surface area (Å²) in [5.41, 5.74) is 3.62. The van der Waals surface area contributed by atoms with Crippen molar-refractivity contribution in [3.05, 3.63) is 18.0 Å². The number of hydrogen-bond acceptors (Lipinski definition) is 7. The van der Waals surface area contributed by atoms with Crippen molar-refractivity contribution >= 4 is 11.9 Å². The molecule has 26 heavy (non-hydrogen) atoms. The molecule has 8 nitrogen and oxygen atoms in total. The molecule has 1 aliphatic rings. The number of anilines is 1. The number of rotatable bonds is 7. The minimum Gasteiger partial charge on any atom is -0.337 e. The quantitative estimate of drug-likeness (QED) is 0.579. The Bertz CT molecular complexity index is 612. The zero-order valence-corrected chi connectivity index (χ0v) is 15.9. The molecular weight excluding hydrogens is 332 g/mol. The highest BCUT2D eigenvalue weighted by molar-refractivity contribution is 5.77. The topological polar surface area (TPSA) is 94.4 Å². The number of aromatic nitrogens is 2. The predicted molar refractivity (Wildman–Crippen MR) is 98.2 cm³/mol. The highest BCUT2D eigenvalue weighted by atomic mass is 16.6. The van der Waals surface area contributed by atoms with E-state index in [1.54, 1.807) is 4.90 Å². The summed E-state index contributed by atoms with van der Waals surface area (Å²) in [5.74, 6) is 0.571. The van der Waals surface area contributed by atoms with Gasteiger partial charge in [0.05, 0.1) is 18.0 Å². The average molecular weight is 360 g/mol. The van der Waals surface area contributed by atoms with E-state index in [0.717, 1.165) is 19.4 Å². The summed E-state index contributed by atoms with van der Waals surface area (Å²) in [6.45, 7) is 9.95. The van der Waals surface area contributed by atoms with Crippen LogP contribution in [0.25, 0.3) is 0 Å². The molecule has 0 radical (unpaired) electrons. The van der Waals surface area contributed by atoms with E-state index >= 15 is 0 Å². The summed E-state index contributed by atoms with van der Waals surface area (Å²) in [6.07, 6.45) is 5.15. The Balaban J connectivity index is 1.64. The lowest BCUT2D eigenvalue weighted by Gasteiger charge is -2.34. The van der Waals surface area contributed by atoms with Crippen LogP contribution in [0.4, 0.5) is 5.95 Å². The van der Waals surface area contributed by atoms with Gasteiger partial charge in [-0.3, -0.25) is 9.63 Å². The maximum absolute atomic E-state index is 12.2. The van der Waals surface area contributed by atoms with Gasteiger partial charge < -0.3 is 9.80 Å². The van der Waals surface area contributed by atoms with Gasteiger partial charge in [-0.2, -0.15) is 5.26 Å².